The fraction of sp³-hybridized carbons (Fsp3) is 0.318. The van der Waals surface area contributed by atoms with Gasteiger partial charge in [0, 0.05) is 36.5 Å². The molecule has 0 saturated heterocycles. The third-order valence-electron chi connectivity index (χ3n) is 5.70. The number of benzene rings is 1. The van der Waals surface area contributed by atoms with E-state index in [1.807, 2.05) is 13.8 Å². The number of hydrogen-bond acceptors (Lipinski definition) is 4. The van der Waals surface area contributed by atoms with Gasteiger partial charge < -0.3 is 25.6 Å². The van der Waals surface area contributed by atoms with E-state index in [-0.39, 0.29) is 17.2 Å². The molecule has 1 atom stereocenters. The quantitative estimate of drug-likeness (QED) is 0.562. The number of amides is 3. The standard InChI is InChI=1S/C22H23FN4O4/c1-4-27-6-5-15-19(22(27)31)10(2)16(24-15)8-13-12-7-14(23)18(26-20(29)11(3)28)9-17(12)25-21(13)30/h7-9,11,24,28H,4-6H2,1-3H3,(H,25,30)(H,26,29)/b13-8-. The number of fused-ring (bicyclic) bond motifs is 2. The second kappa shape index (κ2) is 7.66. The number of aliphatic hydroxyl groups excluding tert-OH is 1. The van der Waals surface area contributed by atoms with E-state index >= 15 is 0 Å². The van der Waals surface area contributed by atoms with Crippen LogP contribution in [0.4, 0.5) is 15.8 Å². The smallest absolute Gasteiger partial charge is 0.256 e. The van der Waals surface area contributed by atoms with Crippen molar-refractivity contribution in [1.29, 1.82) is 0 Å². The summed E-state index contributed by atoms with van der Waals surface area (Å²) in [6.07, 6.45) is 1.01. The number of carbonyl (C=O) groups excluding carboxylic acids is 3. The first kappa shape index (κ1) is 20.8. The van der Waals surface area contributed by atoms with Crippen LogP contribution in [0.2, 0.25) is 0 Å². The first-order valence-electron chi connectivity index (χ1n) is 10.1. The molecule has 0 spiro atoms. The first-order chi connectivity index (χ1) is 14.7. The molecule has 4 rings (SSSR count). The number of aliphatic hydroxyl groups is 1. The molecule has 0 fully saturated rings. The summed E-state index contributed by atoms with van der Waals surface area (Å²) in [5.74, 6) is -1.94. The van der Waals surface area contributed by atoms with Gasteiger partial charge in [-0.1, -0.05) is 0 Å². The van der Waals surface area contributed by atoms with Gasteiger partial charge >= 0.3 is 0 Å². The fourth-order valence-electron chi connectivity index (χ4n) is 3.94. The van der Waals surface area contributed by atoms with Crippen LogP contribution >= 0.6 is 0 Å². The van der Waals surface area contributed by atoms with Crippen LogP contribution in [0, 0.1) is 12.7 Å². The minimum atomic E-state index is -1.30. The summed E-state index contributed by atoms with van der Waals surface area (Å²) in [6.45, 7) is 6.28. The molecule has 0 radical (unpaired) electrons. The number of nitrogens with one attached hydrogen (secondary N) is 3. The van der Waals surface area contributed by atoms with Crippen molar-refractivity contribution in [1.82, 2.24) is 9.88 Å². The van der Waals surface area contributed by atoms with E-state index in [4.69, 9.17) is 0 Å². The summed E-state index contributed by atoms with van der Waals surface area (Å²) >= 11 is 0. The van der Waals surface area contributed by atoms with Crippen molar-refractivity contribution in [3.63, 3.8) is 0 Å². The molecular weight excluding hydrogens is 403 g/mol. The number of aromatic nitrogens is 1. The molecule has 0 aliphatic carbocycles. The van der Waals surface area contributed by atoms with E-state index in [1.54, 1.807) is 11.0 Å². The predicted octanol–water partition coefficient (Wildman–Crippen LogP) is 2.29. The number of anilines is 2. The van der Waals surface area contributed by atoms with Crippen LogP contribution in [0.25, 0.3) is 11.6 Å². The topological polar surface area (TPSA) is 115 Å². The van der Waals surface area contributed by atoms with Gasteiger partial charge in [-0.3, -0.25) is 14.4 Å². The minimum absolute atomic E-state index is 0.0389. The van der Waals surface area contributed by atoms with Gasteiger partial charge in [0.05, 0.1) is 22.5 Å². The van der Waals surface area contributed by atoms with Gasteiger partial charge in [0.1, 0.15) is 11.9 Å². The lowest BCUT2D eigenvalue weighted by Crippen LogP contribution is -2.37. The molecule has 0 saturated carbocycles. The van der Waals surface area contributed by atoms with Crippen LogP contribution in [0.15, 0.2) is 12.1 Å². The molecule has 2 aromatic rings. The number of halogens is 1. The third kappa shape index (κ3) is 3.50. The molecule has 2 aliphatic rings. The maximum absolute atomic E-state index is 14.6. The van der Waals surface area contributed by atoms with E-state index in [9.17, 15) is 23.9 Å². The zero-order valence-corrected chi connectivity index (χ0v) is 17.4. The monoisotopic (exact) mass is 426 g/mol. The lowest BCUT2D eigenvalue weighted by Gasteiger charge is -2.25. The highest BCUT2D eigenvalue weighted by Crippen LogP contribution is 2.37. The summed E-state index contributed by atoms with van der Waals surface area (Å²) in [4.78, 5) is 42.0. The van der Waals surface area contributed by atoms with E-state index in [1.165, 1.54) is 19.1 Å². The largest absolute Gasteiger partial charge is 0.384 e. The zero-order valence-electron chi connectivity index (χ0n) is 17.4. The van der Waals surface area contributed by atoms with Gasteiger partial charge in [0.15, 0.2) is 0 Å². The Morgan fingerprint density at radius 3 is 2.81 bits per heavy atom. The van der Waals surface area contributed by atoms with Crippen molar-refractivity contribution in [2.75, 3.05) is 23.7 Å². The van der Waals surface area contributed by atoms with Crippen molar-refractivity contribution in [3.8, 4) is 0 Å². The van der Waals surface area contributed by atoms with Crippen LogP contribution < -0.4 is 10.6 Å². The SMILES string of the molecule is CCN1CCc2[nH]c(/C=C3\C(=O)Nc4cc(NC(=O)C(C)O)c(F)cc43)c(C)c2C1=O. The third-order valence-corrected chi connectivity index (χ3v) is 5.70. The van der Waals surface area contributed by atoms with Crippen molar-refractivity contribution in [3.05, 3.63) is 46.0 Å². The number of likely N-dealkylation sites (N-methyl/N-ethyl adjacent to an activating group) is 1. The molecule has 1 aromatic carbocycles. The maximum atomic E-state index is 14.6. The molecule has 3 heterocycles. The van der Waals surface area contributed by atoms with Crippen LogP contribution in [-0.4, -0.2) is 51.9 Å². The van der Waals surface area contributed by atoms with Gasteiger partial charge in [0.25, 0.3) is 17.7 Å². The van der Waals surface area contributed by atoms with E-state index in [0.717, 1.165) is 11.3 Å². The van der Waals surface area contributed by atoms with Crippen LogP contribution in [0.1, 0.15) is 46.7 Å². The summed E-state index contributed by atoms with van der Waals surface area (Å²) in [6, 6.07) is 2.48. The van der Waals surface area contributed by atoms with Gasteiger partial charge in [-0.25, -0.2) is 4.39 Å². The molecule has 1 unspecified atom stereocenters. The first-order valence-corrected chi connectivity index (χ1v) is 10.1. The minimum Gasteiger partial charge on any atom is -0.384 e. The Balaban J connectivity index is 1.72. The molecule has 3 amide bonds. The molecule has 162 valence electrons. The van der Waals surface area contributed by atoms with Gasteiger partial charge in [-0.15, -0.1) is 0 Å². The Bertz CT molecular complexity index is 1150. The van der Waals surface area contributed by atoms with Crippen LogP contribution in [0.3, 0.4) is 0 Å². The number of rotatable bonds is 4. The van der Waals surface area contributed by atoms with Crippen molar-refractivity contribution >= 4 is 40.7 Å². The average Bonchev–Trinajstić information content (AvgIpc) is 3.19. The normalized spacial score (nSPS) is 17.5. The summed E-state index contributed by atoms with van der Waals surface area (Å²) in [7, 11) is 0. The van der Waals surface area contributed by atoms with Gasteiger partial charge in [-0.05, 0) is 44.5 Å². The Hall–Kier alpha value is -3.46. The highest BCUT2D eigenvalue weighted by Gasteiger charge is 2.30. The van der Waals surface area contributed by atoms with E-state index < -0.39 is 23.7 Å². The number of aromatic amines is 1. The molecule has 8 nitrogen and oxygen atoms in total. The Labute approximate surface area is 178 Å². The molecule has 1 aromatic heterocycles. The molecule has 2 aliphatic heterocycles. The Morgan fingerprint density at radius 2 is 2.13 bits per heavy atom. The Morgan fingerprint density at radius 1 is 1.39 bits per heavy atom. The number of H-pyrrole nitrogens is 1. The molecule has 31 heavy (non-hydrogen) atoms. The van der Waals surface area contributed by atoms with Crippen molar-refractivity contribution < 1.29 is 23.9 Å². The molecule has 4 N–H and O–H groups in total. The zero-order chi connectivity index (χ0) is 22.4. The molecule has 9 heteroatoms. The molecular formula is C22H23FN4O4. The number of carbonyl (C=O) groups is 3. The number of nitrogens with zero attached hydrogens (tertiary/aromatic N) is 1. The number of hydrogen-bond donors (Lipinski definition) is 4. The summed E-state index contributed by atoms with van der Waals surface area (Å²) < 4.78 is 14.6. The predicted molar refractivity (Wildman–Crippen MR) is 114 cm³/mol. The summed E-state index contributed by atoms with van der Waals surface area (Å²) in [5, 5.41) is 14.3. The molecule has 0 bridgehead atoms. The average molecular weight is 426 g/mol. The lowest BCUT2D eigenvalue weighted by molar-refractivity contribution is -0.123. The van der Waals surface area contributed by atoms with Crippen LogP contribution in [0.5, 0.6) is 0 Å². The maximum Gasteiger partial charge on any atom is 0.256 e. The second-order valence-corrected chi connectivity index (χ2v) is 7.71. The van der Waals surface area contributed by atoms with Crippen molar-refractivity contribution in [2.45, 2.75) is 33.3 Å². The van der Waals surface area contributed by atoms with Gasteiger partial charge in [0.2, 0.25) is 0 Å². The Kier molecular flexibility index (Phi) is 5.14. The second-order valence-electron chi connectivity index (χ2n) is 7.71. The van der Waals surface area contributed by atoms with Crippen molar-refractivity contribution in [2.24, 2.45) is 0 Å². The van der Waals surface area contributed by atoms with E-state index in [2.05, 4.69) is 15.6 Å². The summed E-state index contributed by atoms with van der Waals surface area (Å²) in [5.41, 5.74) is 3.65. The van der Waals surface area contributed by atoms with Gasteiger partial charge in [-0.2, -0.15) is 0 Å². The van der Waals surface area contributed by atoms with Crippen LogP contribution in [-0.2, 0) is 16.0 Å². The highest BCUT2D eigenvalue weighted by atomic mass is 19.1. The highest BCUT2D eigenvalue weighted by molar-refractivity contribution is 6.35. The fourth-order valence-corrected chi connectivity index (χ4v) is 3.94. The lowest BCUT2D eigenvalue weighted by atomic mass is 10.0. The van der Waals surface area contributed by atoms with E-state index in [0.29, 0.717) is 42.0 Å².